The van der Waals surface area contributed by atoms with E-state index in [9.17, 15) is 9.59 Å². The molecule has 2 aromatic rings. The Kier molecular flexibility index (Phi) is 7.63. The van der Waals surface area contributed by atoms with Crippen LogP contribution in [0.4, 0.5) is 5.69 Å². The van der Waals surface area contributed by atoms with Gasteiger partial charge in [-0.3, -0.25) is 14.5 Å². The second kappa shape index (κ2) is 10.4. The summed E-state index contributed by atoms with van der Waals surface area (Å²) in [7, 11) is 0. The van der Waals surface area contributed by atoms with Crippen LogP contribution >= 0.6 is 0 Å². The number of anilines is 1. The van der Waals surface area contributed by atoms with Crippen molar-refractivity contribution in [3.05, 3.63) is 65.7 Å². The van der Waals surface area contributed by atoms with Gasteiger partial charge in [0.1, 0.15) is 0 Å². The van der Waals surface area contributed by atoms with E-state index < -0.39 is 0 Å². The number of amides is 2. The maximum Gasteiger partial charge on any atom is 0.232 e. The van der Waals surface area contributed by atoms with Gasteiger partial charge in [0.05, 0.1) is 11.8 Å². The van der Waals surface area contributed by atoms with E-state index in [4.69, 9.17) is 5.73 Å². The number of rotatable bonds is 8. The number of benzene rings is 2. The van der Waals surface area contributed by atoms with E-state index >= 15 is 0 Å². The van der Waals surface area contributed by atoms with Gasteiger partial charge in [-0.2, -0.15) is 0 Å². The summed E-state index contributed by atoms with van der Waals surface area (Å²) >= 11 is 0. The van der Waals surface area contributed by atoms with Crippen LogP contribution in [0.15, 0.2) is 54.6 Å². The van der Waals surface area contributed by atoms with Crippen molar-refractivity contribution in [3.8, 4) is 0 Å². The third-order valence-corrected chi connectivity index (χ3v) is 6.19. The van der Waals surface area contributed by atoms with Crippen molar-refractivity contribution in [1.29, 1.82) is 0 Å². The van der Waals surface area contributed by atoms with Crippen LogP contribution < -0.4 is 11.1 Å². The first-order valence-corrected chi connectivity index (χ1v) is 10.9. The minimum atomic E-state index is -0.202. The Balaban J connectivity index is 1.63. The van der Waals surface area contributed by atoms with Crippen LogP contribution in [0.5, 0.6) is 0 Å². The second-order valence-corrected chi connectivity index (χ2v) is 8.44. The first-order chi connectivity index (χ1) is 14.5. The van der Waals surface area contributed by atoms with Gasteiger partial charge in [0.25, 0.3) is 0 Å². The van der Waals surface area contributed by atoms with Gasteiger partial charge in [-0.25, -0.2) is 0 Å². The Morgan fingerprint density at radius 2 is 1.83 bits per heavy atom. The van der Waals surface area contributed by atoms with E-state index in [0.717, 1.165) is 50.1 Å². The number of nitrogens with zero attached hydrogens (tertiary/aromatic N) is 1. The van der Waals surface area contributed by atoms with E-state index in [2.05, 4.69) is 24.1 Å². The molecule has 0 bridgehead atoms. The number of nitrogens with one attached hydrogen (secondary N) is 1. The van der Waals surface area contributed by atoms with Gasteiger partial charge in [0, 0.05) is 18.8 Å². The van der Waals surface area contributed by atoms with Crippen molar-refractivity contribution in [2.24, 2.45) is 17.6 Å². The van der Waals surface area contributed by atoms with Gasteiger partial charge in [-0.1, -0.05) is 62.7 Å². The van der Waals surface area contributed by atoms with Gasteiger partial charge in [-0.05, 0) is 48.6 Å². The molecule has 3 rings (SSSR count). The maximum absolute atomic E-state index is 13.1. The summed E-state index contributed by atoms with van der Waals surface area (Å²) in [6, 6.07) is 18.0. The molecule has 3 unspecified atom stereocenters. The second-order valence-electron chi connectivity index (χ2n) is 8.44. The zero-order valence-electron chi connectivity index (χ0n) is 18.0. The third-order valence-electron chi connectivity index (χ3n) is 6.19. The Labute approximate surface area is 179 Å². The maximum atomic E-state index is 13.1. The lowest BCUT2D eigenvalue weighted by atomic mass is 9.85. The Morgan fingerprint density at radius 3 is 2.47 bits per heavy atom. The molecule has 1 heterocycles. The molecule has 0 saturated carbocycles. The molecular formula is C25H33N3O2. The van der Waals surface area contributed by atoms with E-state index in [-0.39, 0.29) is 29.6 Å². The predicted molar refractivity (Wildman–Crippen MR) is 121 cm³/mol. The fourth-order valence-electron chi connectivity index (χ4n) is 4.24. The highest BCUT2D eigenvalue weighted by Crippen LogP contribution is 2.28. The fourth-order valence-corrected chi connectivity index (χ4v) is 4.24. The molecule has 3 atom stereocenters. The number of carbonyl (C=O) groups excluding carboxylic acids is 2. The molecule has 1 aliphatic rings. The first-order valence-electron chi connectivity index (χ1n) is 10.9. The Morgan fingerprint density at radius 1 is 1.13 bits per heavy atom. The SMILES string of the molecule is CCC(C)C(C(=O)Nc1ccc(CN2CCCC(C(N)=O)C2)cc1)c1ccccc1. The van der Waals surface area contributed by atoms with Crippen LogP contribution in [0.25, 0.3) is 0 Å². The Hall–Kier alpha value is -2.66. The largest absolute Gasteiger partial charge is 0.369 e. The van der Waals surface area contributed by atoms with E-state index in [1.807, 2.05) is 54.6 Å². The molecule has 1 aliphatic heterocycles. The molecule has 160 valence electrons. The molecule has 30 heavy (non-hydrogen) atoms. The van der Waals surface area contributed by atoms with Crippen LogP contribution in [0.3, 0.4) is 0 Å². The van der Waals surface area contributed by atoms with Gasteiger partial charge >= 0.3 is 0 Å². The predicted octanol–water partition coefficient (Wildman–Crippen LogP) is 4.15. The average Bonchev–Trinajstić information content (AvgIpc) is 2.76. The van der Waals surface area contributed by atoms with E-state index in [1.165, 1.54) is 5.56 Å². The number of likely N-dealkylation sites (tertiary alicyclic amines) is 1. The molecule has 5 nitrogen and oxygen atoms in total. The lowest BCUT2D eigenvalue weighted by molar-refractivity contribution is -0.123. The molecule has 0 aromatic heterocycles. The molecule has 1 saturated heterocycles. The minimum Gasteiger partial charge on any atom is -0.369 e. The Bertz CT molecular complexity index is 835. The van der Waals surface area contributed by atoms with Crippen LogP contribution in [0.1, 0.15) is 50.2 Å². The molecule has 3 N–H and O–H groups in total. The molecule has 0 aliphatic carbocycles. The zero-order valence-corrected chi connectivity index (χ0v) is 18.0. The average molecular weight is 408 g/mol. The lowest BCUT2D eigenvalue weighted by Crippen LogP contribution is -2.40. The zero-order chi connectivity index (χ0) is 21.5. The van der Waals surface area contributed by atoms with E-state index in [0.29, 0.717) is 0 Å². The summed E-state index contributed by atoms with van der Waals surface area (Å²) in [6.07, 6.45) is 2.82. The quantitative estimate of drug-likeness (QED) is 0.690. The smallest absolute Gasteiger partial charge is 0.232 e. The summed E-state index contributed by atoms with van der Waals surface area (Å²) in [4.78, 5) is 26.8. The van der Waals surface area contributed by atoms with Crippen LogP contribution in [0, 0.1) is 11.8 Å². The normalized spacial score (nSPS) is 19.1. The van der Waals surface area contributed by atoms with Crippen molar-refractivity contribution < 1.29 is 9.59 Å². The molecule has 0 spiro atoms. The van der Waals surface area contributed by atoms with Crippen molar-refractivity contribution in [2.75, 3.05) is 18.4 Å². The number of primary amides is 1. The summed E-state index contributed by atoms with van der Waals surface area (Å²) < 4.78 is 0. The topological polar surface area (TPSA) is 75.4 Å². The lowest BCUT2D eigenvalue weighted by Gasteiger charge is -2.31. The van der Waals surface area contributed by atoms with Crippen molar-refractivity contribution in [3.63, 3.8) is 0 Å². The fraction of sp³-hybridized carbons (Fsp3) is 0.440. The summed E-state index contributed by atoms with van der Waals surface area (Å²) in [6.45, 7) is 6.74. The molecule has 2 aromatic carbocycles. The third kappa shape index (κ3) is 5.70. The standard InChI is InChI=1S/C25H33N3O2/c1-3-18(2)23(20-8-5-4-6-9-20)25(30)27-22-13-11-19(12-14-22)16-28-15-7-10-21(17-28)24(26)29/h4-6,8-9,11-14,18,21,23H,3,7,10,15-17H2,1-2H3,(H2,26,29)(H,27,30). The van der Waals surface area contributed by atoms with Gasteiger partial charge in [-0.15, -0.1) is 0 Å². The van der Waals surface area contributed by atoms with Crippen molar-refractivity contribution in [1.82, 2.24) is 4.90 Å². The number of nitrogens with two attached hydrogens (primary N) is 1. The number of hydrogen-bond donors (Lipinski definition) is 2. The van der Waals surface area contributed by atoms with E-state index in [1.54, 1.807) is 0 Å². The summed E-state index contributed by atoms with van der Waals surface area (Å²) in [5.74, 6) is -0.137. The summed E-state index contributed by atoms with van der Waals surface area (Å²) in [5, 5.41) is 3.09. The molecule has 2 amide bonds. The number of piperidine rings is 1. The van der Waals surface area contributed by atoms with Crippen LogP contribution in [-0.4, -0.2) is 29.8 Å². The monoisotopic (exact) mass is 407 g/mol. The molecule has 5 heteroatoms. The van der Waals surface area contributed by atoms with Crippen LogP contribution in [0.2, 0.25) is 0 Å². The van der Waals surface area contributed by atoms with Gasteiger partial charge in [0.2, 0.25) is 11.8 Å². The molecular weight excluding hydrogens is 374 g/mol. The summed E-state index contributed by atoms with van der Waals surface area (Å²) in [5.41, 5.74) is 8.51. The highest BCUT2D eigenvalue weighted by atomic mass is 16.2. The molecule has 0 radical (unpaired) electrons. The highest BCUT2D eigenvalue weighted by Gasteiger charge is 2.26. The number of carbonyl (C=O) groups is 2. The minimum absolute atomic E-state index is 0.0311. The molecule has 1 fully saturated rings. The number of hydrogen-bond acceptors (Lipinski definition) is 3. The van der Waals surface area contributed by atoms with Crippen molar-refractivity contribution >= 4 is 17.5 Å². The van der Waals surface area contributed by atoms with Gasteiger partial charge < -0.3 is 11.1 Å². The van der Waals surface area contributed by atoms with Crippen LogP contribution in [-0.2, 0) is 16.1 Å². The first kappa shape index (κ1) is 22.0. The van der Waals surface area contributed by atoms with Crippen molar-refractivity contribution in [2.45, 2.75) is 45.6 Å². The highest BCUT2D eigenvalue weighted by molar-refractivity contribution is 5.96. The van der Waals surface area contributed by atoms with Gasteiger partial charge in [0.15, 0.2) is 0 Å².